The van der Waals surface area contributed by atoms with Crippen molar-refractivity contribution in [3.05, 3.63) is 65.5 Å². The van der Waals surface area contributed by atoms with Crippen LogP contribution in [0.4, 0.5) is 0 Å². The lowest BCUT2D eigenvalue weighted by Crippen LogP contribution is -2.27. The van der Waals surface area contributed by atoms with Crippen LogP contribution in [-0.4, -0.2) is 31.7 Å². The third-order valence-electron chi connectivity index (χ3n) is 4.45. The molecule has 2 aromatic carbocycles. The molecule has 146 valence electrons. The lowest BCUT2D eigenvalue weighted by Gasteiger charge is -2.11. The first-order valence-electron chi connectivity index (χ1n) is 9.10. The van der Waals surface area contributed by atoms with Crippen molar-refractivity contribution >= 4 is 5.91 Å². The molecular weight excluding hydrogens is 356 g/mol. The van der Waals surface area contributed by atoms with Crippen LogP contribution in [0.3, 0.4) is 0 Å². The van der Waals surface area contributed by atoms with Gasteiger partial charge in [-0.3, -0.25) is 4.79 Å². The number of aromatic nitrogens is 1. The second-order valence-corrected chi connectivity index (χ2v) is 6.34. The van der Waals surface area contributed by atoms with Crippen LogP contribution in [0.15, 0.2) is 52.9 Å². The Morgan fingerprint density at radius 3 is 2.61 bits per heavy atom. The predicted molar refractivity (Wildman–Crippen MR) is 107 cm³/mol. The SMILES string of the molecule is COc1ccc(OC)c(CCNC(=O)Cc2nc(-c3ccccc3)oc2C)c1. The number of oxazole rings is 1. The lowest BCUT2D eigenvalue weighted by molar-refractivity contribution is -0.120. The van der Waals surface area contributed by atoms with Gasteiger partial charge in [-0.1, -0.05) is 18.2 Å². The molecule has 1 amide bonds. The zero-order valence-corrected chi connectivity index (χ0v) is 16.3. The van der Waals surface area contributed by atoms with Crippen LogP contribution < -0.4 is 14.8 Å². The average Bonchev–Trinajstić information content (AvgIpc) is 3.08. The van der Waals surface area contributed by atoms with Crippen molar-refractivity contribution in [3.8, 4) is 23.0 Å². The Morgan fingerprint density at radius 1 is 1.11 bits per heavy atom. The number of nitrogens with zero attached hydrogens (tertiary/aromatic N) is 1. The molecule has 0 radical (unpaired) electrons. The quantitative estimate of drug-likeness (QED) is 0.647. The van der Waals surface area contributed by atoms with Crippen molar-refractivity contribution in [1.29, 1.82) is 0 Å². The van der Waals surface area contributed by atoms with Gasteiger partial charge in [-0.05, 0) is 49.2 Å². The number of nitrogens with one attached hydrogen (secondary N) is 1. The van der Waals surface area contributed by atoms with E-state index in [2.05, 4.69) is 10.3 Å². The van der Waals surface area contributed by atoms with E-state index in [1.165, 1.54) is 0 Å². The molecule has 0 saturated carbocycles. The second-order valence-electron chi connectivity index (χ2n) is 6.34. The van der Waals surface area contributed by atoms with E-state index in [0.717, 1.165) is 22.6 Å². The van der Waals surface area contributed by atoms with Crippen LogP contribution in [0, 0.1) is 6.92 Å². The number of rotatable bonds is 8. The average molecular weight is 380 g/mol. The standard InChI is InChI=1S/C22H24N2O4/c1-15-19(24-22(28-15)16-7-5-4-6-8-16)14-21(25)23-12-11-17-13-18(26-2)9-10-20(17)27-3/h4-10,13H,11-12,14H2,1-3H3,(H,23,25). The molecule has 0 atom stereocenters. The molecule has 1 heterocycles. The monoisotopic (exact) mass is 380 g/mol. The van der Waals surface area contributed by atoms with E-state index >= 15 is 0 Å². The van der Waals surface area contributed by atoms with Crippen LogP contribution in [-0.2, 0) is 17.6 Å². The third kappa shape index (κ3) is 4.71. The number of ether oxygens (including phenoxy) is 2. The Hall–Kier alpha value is -3.28. The Kier molecular flexibility index (Phi) is 6.32. The van der Waals surface area contributed by atoms with Crippen LogP contribution in [0.2, 0.25) is 0 Å². The summed E-state index contributed by atoms with van der Waals surface area (Å²) < 4.78 is 16.3. The summed E-state index contributed by atoms with van der Waals surface area (Å²) in [6.45, 7) is 2.31. The molecule has 0 unspecified atom stereocenters. The number of amides is 1. The normalized spacial score (nSPS) is 10.5. The summed E-state index contributed by atoms with van der Waals surface area (Å²) in [6.07, 6.45) is 0.816. The summed E-state index contributed by atoms with van der Waals surface area (Å²) in [6, 6.07) is 15.3. The highest BCUT2D eigenvalue weighted by atomic mass is 16.5. The lowest BCUT2D eigenvalue weighted by atomic mass is 10.1. The molecule has 3 aromatic rings. The number of aryl methyl sites for hydroxylation is 1. The van der Waals surface area contributed by atoms with Gasteiger partial charge in [-0.15, -0.1) is 0 Å². The predicted octanol–water partition coefficient (Wildman–Crippen LogP) is 3.57. The van der Waals surface area contributed by atoms with Crippen LogP contribution in [0.1, 0.15) is 17.0 Å². The Morgan fingerprint density at radius 2 is 1.89 bits per heavy atom. The Bertz CT molecular complexity index is 935. The van der Waals surface area contributed by atoms with Crippen molar-refractivity contribution < 1.29 is 18.7 Å². The molecule has 0 spiro atoms. The number of carbonyl (C=O) groups is 1. The van der Waals surface area contributed by atoms with Gasteiger partial charge in [0, 0.05) is 12.1 Å². The molecule has 6 heteroatoms. The first-order valence-corrected chi connectivity index (χ1v) is 9.10. The maximum atomic E-state index is 12.3. The summed E-state index contributed by atoms with van der Waals surface area (Å²) in [7, 11) is 3.25. The van der Waals surface area contributed by atoms with Gasteiger partial charge in [0.25, 0.3) is 0 Å². The molecule has 1 N–H and O–H groups in total. The fraction of sp³-hybridized carbons (Fsp3) is 0.273. The molecule has 0 aliphatic heterocycles. The smallest absolute Gasteiger partial charge is 0.226 e. The number of methoxy groups -OCH3 is 2. The van der Waals surface area contributed by atoms with Gasteiger partial charge in [0.1, 0.15) is 17.3 Å². The summed E-state index contributed by atoms with van der Waals surface area (Å²) >= 11 is 0. The third-order valence-corrected chi connectivity index (χ3v) is 4.45. The van der Waals surface area contributed by atoms with E-state index in [1.807, 2.05) is 55.5 Å². The number of hydrogen-bond donors (Lipinski definition) is 1. The Balaban J connectivity index is 1.58. The molecule has 1 aromatic heterocycles. The zero-order valence-electron chi connectivity index (χ0n) is 16.3. The minimum Gasteiger partial charge on any atom is -0.497 e. The van der Waals surface area contributed by atoms with Gasteiger partial charge in [0.15, 0.2) is 0 Å². The highest BCUT2D eigenvalue weighted by Crippen LogP contribution is 2.24. The largest absolute Gasteiger partial charge is 0.497 e. The van der Waals surface area contributed by atoms with Gasteiger partial charge in [-0.25, -0.2) is 4.98 Å². The van der Waals surface area contributed by atoms with Crippen LogP contribution >= 0.6 is 0 Å². The van der Waals surface area contributed by atoms with Gasteiger partial charge >= 0.3 is 0 Å². The molecule has 0 bridgehead atoms. The number of benzene rings is 2. The maximum Gasteiger partial charge on any atom is 0.226 e. The first-order chi connectivity index (χ1) is 13.6. The van der Waals surface area contributed by atoms with E-state index in [4.69, 9.17) is 13.9 Å². The molecular formula is C22H24N2O4. The van der Waals surface area contributed by atoms with Crippen molar-refractivity contribution in [2.45, 2.75) is 19.8 Å². The van der Waals surface area contributed by atoms with Gasteiger partial charge in [0.05, 0.1) is 26.3 Å². The summed E-state index contributed by atoms with van der Waals surface area (Å²) in [5.74, 6) is 2.62. The molecule has 3 rings (SSSR count). The van der Waals surface area contributed by atoms with E-state index in [-0.39, 0.29) is 12.3 Å². The summed E-state index contributed by atoms with van der Waals surface area (Å²) in [5, 5.41) is 2.93. The second kappa shape index (κ2) is 9.08. The van der Waals surface area contributed by atoms with E-state index in [9.17, 15) is 4.79 Å². The van der Waals surface area contributed by atoms with Crippen LogP contribution in [0.25, 0.3) is 11.5 Å². The first kappa shape index (κ1) is 19.5. The molecule has 0 fully saturated rings. The maximum absolute atomic E-state index is 12.3. The Labute approximate surface area is 164 Å². The summed E-state index contributed by atoms with van der Waals surface area (Å²) in [5.41, 5.74) is 2.52. The highest BCUT2D eigenvalue weighted by molar-refractivity contribution is 5.78. The molecule has 0 aliphatic carbocycles. The number of hydrogen-bond acceptors (Lipinski definition) is 5. The van der Waals surface area contributed by atoms with Crippen molar-refractivity contribution in [1.82, 2.24) is 10.3 Å². The van der Waals surface area contributed by atoms with Crippen molar-refractivity contribution in [3.63, 3.8) is 0 Å². The molecule has 0 saturated heterocycles. The molecule has 28 heavy (non-hydrogen) atoms. The minimum absolute atomic E-state index is 0.0992. The van der Waals surface area contributed by atoms with E-state index < -0.39 is 0 Å². The van der Waals surface area contributed by atoms with E-state index in [1.54, 1.807) is 14.2 Å². The number of carbonyl (C=O) groups excluding carboxylic acids is 1. The van der Waals surface area contributed by atoms with Gasteiger partial charge < -0.3 is 19.2 Å². The summed E-state index contributed by atoms with van der Waals surface area (Å²) in [4.78, 5) is 16.8. The fourth-order valence-corrected chi connectivity index (χ4v) is 2.92. The molecule has 6 nitrogen and oxygen atoms in total. The van der Waals surface area contributed by atoms with Gasteiger partial charge in [0.2, 0.25) is 11.8 Å². The van der Waals surface area contributed by atoms with E-state index in [0.29, 0.717) is 30.3 Å². The molecule has 0 aliphatic rings. The van der Waals surface area contributed by atoms with Gasteiger partial charge in [-0.2, -0.15) is 0 Å². The highest BCUT2D eigenvalue weighted by Gasteiger charge is 2.14. The van der Waals surface area contributed by atoms with Crippen molar-refractivity contribution in [2.75, 3.05) is 20.8 Å². The fourth-order valence-electron chi connectivity index (χ4n) is 2.92. The van der Waals surface area contributed by atoms with Crippen LogP contribution in [0.5, 0.6) is 11.5 Å². The minimum atomic E-state index is -0.0992. The zero-order chi connectivity index (χ0) is 19.9. The topological polar surface area (TPSA) is 73.6 Å². The van der Waals surface area contributed by atoms with Crippen molar-refractivity contribution in [2.24, 2.45) is 0 Å².